The van der Waals surface area contributed by atoms with E-state index in [-0.39, 0.29) is 12.4 Å². The van der Waals surface area contributed by atoms with Crippen LogP contribution in [0, 0.1) is 0 Å². The monoisotopic (exact) mass is 212 g/mol. The quantitative estimate of drug-likeness (QED) is 0.848. The van der Waals surface area contributed by atoms with Gasteiger partial charge in [0.1, 0.15) is 5.52 Å². The minimum atomic E-state index is 0. The summed E-state index contributed by atoms with van der Waals surface area (Å²) < 4.78 is 5.50. The van der Waals surface area contributed by atoms with E-state index in [0.717, 1.165) is 29.8 Å². The molecule has 2 N–H and O–H groups in total. The standard InChI is InChI=1S/C10H12N2O.ClH/c11-7-3-6-10-12-8-4-1-2-5-9(8)13-10;/h1-2,4-5H,3,6-7,11H2;1H. The van der Waals surface area contributed by atoms with Crippen LogP contribution in [0.4, 0.5) is 0 Å². The van der Waals surface area contributed by atoms with Crippen molar-refractivity contribution in [1.82, 2.24) is 4.98 Å². The molecule has 0 aliphatic heterocycles. The van der Waals surface area contributed by atoms with Crippen molar-refractivity contribution < 1.29 is 4.42 Å². The average molecular weight is 213 g/mol. The van der Waals surface area contributed by atoms with Gasteiger partial charge in [0.15, 0.2) is 11.5 Å². The van der Waals surface area contributed by atoms with Gasteiger partial charge in [-0.1, -0.05) is 12.1 Å². The van der Waals surface area contributed by atoms with Crippen molar-refractivity contribution in [1.29, 1.82) is 0 Å². The second kappa shape index (κ2) is 4.98. The molecule has 0 atom stereocenters. The number of fused-ring (bicyclic) bond motifs is 1. The van der Waals surface area contributed by atoms with Crippen LogP contribution < -0.4 is 5.73 Å². The lowest BCUT2D eigenvalue weighted by atomic mass is 10.3. The van der Waals surface area contributed by atoms with Crippen LogP contribution in [0.2, 0.25) is 0 Å². The first kappa shape index (κ1) is 11.0. The number of hydrogen-bond acceptors (Lipinski definition) is 3. The number of hydrogen-bond donors (Lipinski definition) is 1. The second-order valence-electron chi connectivity index (χ2n) is 2.97. The van der Waals surface area contributed by atoms with E-state index in [1.165, 1.54) is 0 Å². The highest BCUT2D eigenvalue weighted by Crippen LogP contribution is 2.15. The highest BCUT2D eigenvalue weighted by molar-refractivity contribution is 5.85. The minimum absolute atomic E-state index is 0. The summed E-state index contributed by atoms with van der Waals surface area (Å²) in [6.45, 7) is 0.679. The van der Waals surface area contributed by atoms with Crippen LogP contribution in [-0.4, -0.2) is 11.5 Å². The molecule has 0 amide bonds. The lowest BCUT2D eigenvalue weighted by Gasteiger charge is -1.89. The van der Waals surface area contributed by atoms with Gasteiger partial charge in [0.25, 0.3) is 0 Å². The van der Waals surface area contributed by atoms with Crippen LogP contribution >= 0.6 is 12.4 Å². The van der Waals surface area contributed by atoms with E-state index in [9.17, 15) is 0 Å². The molecule has 1 aromatic heterocycles. The number of nitrogens with zero attached hydrogens (tertiary/aromatic N) is 1. The second-order valence-corrected chi connectivity index (χ2v) is 2.97. The van der Waals surface area contributed by atoms with Gasteiger partial charge in [0, 0.05) is 6.42 Å². The first-order chi connectivity index (χ1) is 6.40. The number of aromatic nitrogens is 1. The SMILES string of the molecule is Cl.NCCCc1nc2ccccc2o1. The zero-order valence-corrected chi connectivity index (χ0v) is 8.59. The molecule has 0 saturated heterocycles. The maximum Gasteiger partial charge on any atom is 0.195 e. The fraction of sp³-hybridized carbons (Fsp3) is 0.300. The Morgan fingerprint density at radius 2 is 2.07 bits per heavy atom. The number of para-hydroxylation sites is 2. The van der Waals surface area contributed by atoms with Gasteiger partial charge < -0.3 is 10.2 Å². The number of oxazole rings is 1. The lowest BCUT2D eigenvalue weighted by molar-refractivity contribution is 0.521. The van der Waals surface area contributed by atoms with E-state index in [0.29, 0.717) is 6.54 Å². The molecule has 0 aliphatic rings. The molecule has 76 valence electrons. The van der Waals surface area contributed by atoms with E-state index >= 15 is 0 Å². The molecule has 1 heterocycles. The highest BCUT2D eigenvalue weighted by Gasteiger charge is 2.02. The minimum Gasteiger partial charge on any atom is -0.441 e. The third kappa shape index (κ3) is 2.25. The van der Waals surface area contributed by atoms with E-state index in [1.54, 1.807) is 0 Å². The number of rotatable bonds is 3. The Kier molecular flexibility index (Phi) is 3.92. The first-order valence-electron chi connectivity index (χ1n) is 4.44. The van der Waals surface area contributed by atoms with Gasteiger partial charge in [-0.2, -0.15) is 0 Å². The van der Waals surface area contributed by atoms with Crippen LogP contribution in [0.25, 0.3) is 11.1 Å². The number of halogens is 1. The topological polar surface area (TPSA) is 52.0 Å². The van der Waals surface area contributed by atoms with E-state index in [1.807, 2.05) is 24.3 Å². The molecule has 0 spiro atoms. The lowest BCUT2D eigenvalue weighted by Crippen LogP contribution is -2.00. The summed E-state index contributed by atoms with van der Waals surface area (Å²) >= 11 is 0. The Morgan fingerprint density at radius 1 is 1.29 bits per heavy atom. The van der Waals surface area contributed by atoms with Crippen molar-refractivity contribution in [3.05, 3.63) is 30.2 Å². The molecule has 2 rings (SSSR count). The summed E-state index contributed by atoms with van der Waals surface area (Å²) in [4.78, 5) is 4.33. The Balaban J connectivity index is 0.000000980. The largest absolute Gasteiger partial charge is 0.441 e. The molecule has 14 heavy (non-hydrogen) atoms. The summed E-state index contributed by atoms with van der Waals surface area (Å²) in [6, 6.07) is 7.77. The van der Waals surface area contributed by atoms with Crippen molar-refractivity contribution >= 4 is 23.5 Å². The molecule has 1 aromatic carbocycles. The zero-order valence-electron chi connectivity index (χ0n) is 7.77. The maximum absolute atomic E-state index is 5.50. The Morgan fingerprint density at radius 3 is 2.79 bits per heavy atom. The summed E-state index contributed by atoms with van der Waals surface area (Å²) in [5, 5.41) is 0. The maximum atomic E-state index is 5.50. The van der Waals surface area contributed by atoms with Crippen LogP contribution in [0.1, 0.15) is 12.3 Å². The molecule has 0 fully saturated rings. The van der Waals surface area contributed by atoms with Crippen molar-refractivity contribution in [2.24, 2.45) is 5.73 Å². The number of benzene rings is 1. The Labute approximate surface area is 88.7 Å². The van der Waals surface area contributed by atoms with Gasteiger partial charge in [-0.3, -0.25) is 0 Å². The summed E-state index contributed by atoms with van der Waals surface area (Å²) in [6.07, 6.45) is 1.75. The van der Waals surface area contributed by atoms with Gasteiger partial charge in [-0.15, -0.1) is 12.4 Å². The van der Waals surface area contributed by atoms with E-state index in [2.05, 4.69) is 4.98 Å². The van der Waals surface area contributed by atoms with Crippen molar-refractivity contribution in [3.63, 3.8) is 0 Å². The van der Waals surface area contributed by atoms with E-state index < -0.39 is 0 Å². The molecule has 0 radical (unpaired) electrons. The molecular formula is C10H13ClN2O. The smallest absolute Gasteiger partial charge is 0.195 e. The van der Waals surface area contributed by atoms with Gasteiger partial charge in [0.05, 0.1) is 0 Å². The molecule has 0 aliphatic carbocycles. The van der Waals surface area contributed by atoms with Crippen LogP contribution in [0.5, 0.6) is 0 Å². The summed E-state index contributed by atoms with van der Waals surface area (Å²) in [5.74, 6) is 0.784. The van der Waals surface area contributed by atoms with Crippen molar-refractivity contribution in [3.8, 4) is 0 Å². The predicted octanol–water partition coefficient (Wildman–Crippen LogP) is 2.14. The van der Waals surface area contributed by atoms with Gasteiger partial charge in [0.2, 0.25) is 0 Å². The fourth-order valence-electron chi connectivity index (χ4n) is 1.28. The molecule has 0 unspecified atom stereocenters. The third-order valence-corrected chi connectivity index (χ3v) is 1.93. The van der Waals surface area contributed by atoms with Gasteiger partial charge in [-0.05, 0) is 25.1 Å². The zero-order chi connectivity index (χ0) is 9.10. The highest BCUT2D eigenvalue weighted by atomic mass is 35.5. The van der Waals surface area contributed by atoms with Gasteiger partial charge >= 0.3 is 0 Å². The molecule has 0 bridgehead atoms. The van der Waals surface area contributed by atoms with Crippen LogP contribution in [0.15, 0.2) is 28.7 Å². The average Bonchev–Trinajstić information content (AvgIpc) is 2.57. The molecule has 2 aromatic rings. The third-order valence-electron chi connectivity index (χ3n) is 1.93. The van der Waals surface area contributed by atoms with Crippen LogP contribution in [-0.2, 0) is 6.42 Å². The predicted molar refractivity (Wildman–Crippen MR) is 58.6 cm³/mol. The first-order valence-corrected chi connectivity index (χ1v) is 4.44. The normalized spacial score (nSPS) is 10.1. The molecule has 3 nitrogen and oxygen atoms in total. The summed E-state index contributed by atoms with van der Waals surface area (Å²) in [5.41, 5.74) is 7.18. The van der Waals surface area contributed by atoms with Crippen molar-refractivity contribution in [2.45, 2.75) is 12.8 Å². The Bertz CT molecular complexity index is 367. The number of aryl methyl sites for hydroxylation is 1. The summed E-state index contributed by atoms with van der Waals surface area (Å²) in [7, 11) is 0. The molecule has 4 heteroatoms. The Hall–Kier alpha value is -1.06. The van der Waals surface area contributed by atoms with Crippen LogP contribution in [0.3, 0.4) is 0 Å². The van der Waals surface area contributed by atoms with Crippen molar-refractivity contribution in [2.75, 3.05) is 6.54 Å². The fourth-order valence-corrected chi connectivity index (χ4v) is 1.28. The van der Waals surface area contributed by atoms with Gasteiger partial charge in [-0.25, -0.2) is 4.98 Å². The number of nitrogens with two attached hydrogens (primary N) is 1. The van der Waals surface area contributed by atoms with E-state index in [4.69, 9.17) is 10.2 Å². The molecular weight excluding hydrogens is 200 g/mol. The molecule has 0 saturated carbocycles.